The molecule has 0 aliphatic heterocycles. The van der Waals surface area contributed by atoms with E-state index in [1.54, 1.807) is 36.6 Å². The number of aliphatic hydroxyl groups excluding tert-OH is 1. The van der Waals surface area contributed by atoms with Gasteiger partial charge in [-0.2, -0.15) is 0 Å². The molecule has 2 aromatic rings. The second-order valence-corrected chi connectivity index (χ2v) is 6.03. The van der Waals surface area contributed by atoms with Gasteiger partial charge in [0.05, 0.1) is 18.2 Å². The van der Waals surface area contributed by atoms with Gasteiger partial charge in [-0.3, -0.25) is 0 Å². The first-order chi connectivity index (χ1) is 8.63. The second-order valence-electron chi connectivity index (χ2n) is 3.77. The zero-order valence-corrected chi connectivity index (χ0v) is 12.8. The van der Waals surface area contributed by atoms with E-state index in [4.69, 9.17) is 16.3 Å². The number of hydrogen-bond donors (Lipinski definition) is 1. The van der Waals surface area contributed by atoms with Crippen molar-refractivity contribution in [1.82, 2.24) is 0 Å². The highest BCUT2D eigenvalue weighted by Crippen LogP contribution is 2.36. The molecule has 0 amide bonds. The largest absolute Gasteiger partial charge is 0.496 e. The minimum absolute atomic E-state index is 0.512. The van der Waals surface area contributed by atoms with Crippen LogP contribution in [0.3, 0.4) is 0 Å². The van der Waals surface area contributed by atoms with Crippen LogP contribution < -0.4 is 4.74 Å². The lowest BCUT2D eigenvalue weighted by molar-refractivity contribution is 0.175. The maximum Gasteiger partial charge on any atom is 0.126 e. The van der Waals surface area contributed by atoms with Crippen LogP contribution in [0, 0.1) is 0 Å². The van der Waals surface area contributed by atoms with E-state index in [0.717, 1.165) is 9.35 Å². The topological polar surface area (TPSA) is 29.5 Å². The van der Waals surface area contributed by atoms with Crippen molar-refractivity contribution >= 4 is 38.9 Å². The number of aliphatic hydroxyl groups is 1. The predicted octanol–water partition coefficient (Wildman–Crippen LogP) is 4.45. The molecular formula is C13H12BrClO2S. The predicted molar refractivity (Wildman–Crippen MR) is 78.7 cm³/mol. The second kappa shape index (κ2) is 6.06. The molecule has 96 valence electrons. The molecule has 2 rings (SSSR count). The van der Waals surface area contributed by atoms with E-state index in [-0.39, 0.29) is 0 Å². The van der Waals surface area contributed by atoms with Crippen LogP contribution in [0.15, 0.2) is 34.1 Å². The Bertz CT molecular complexity index is 542. The first-order valence-corrected chi connectivity index (χ1v) is 7.41. The Morgan fingerprint density at radius 3 is 2.83 bits per heavy atom. The van der Waals surface area contributed by atoms with Crippen molar-refractivity contribution in [2.24, 2.45) is 0 Å². The summed E-state index contributed by atoms with van der Waals surface area (Å²) in [6, 6.07) is 7.33. The molecule has 1 N–H and O–H groups in total. The van der Waals surface area contributed by atoms with Crippen LogP contribution in [-0.4, -0.2) is 12.2 Å². The molecule has 0 radical (unpaired) electrons. The fourth-order valence-electron chi connectivity index (χ4n) is 1.77. The van der Waals surface area contributed by atoms with Crippen LogP contribution >= 0.6 is 38.9 Å². The highest BCUT2D eigenvalue weighted by molar-refractivity contribution is 9.10. The van der Waals surface area contributed by atoms with Crippen molar-refractivity contribution in [3.05, 3.63) is 49.6 Å². The summed E-state index contributed by atoms with van der Waals surface area (Å²) in [5, 5.41) is 12.8. The number of ether oxygens (including phenoxy) is 1. The average molecular weight is 348 g/mol. The van der Waals surface area contributed by atoms with Crippen molar-refractivity contribution in [1.29, 1.82) is 0 Å². The van der Waals surface area contributed by atoms with Crippen molar-refractivity contribution in [3.63, 3.8) is 0 Å². The molecule has 1 atom stereocenters. The SMILES string of the molecule is COc1cccc(Cl)c1C(O)Cc1sccc1Br. The molecular weight excluding hydrogens is 336 g/mol. The van der Waals surface area contributed by atoms with E-state index in [1.807, 2.05) is 11.4 Å². The third-order valence-electron chi connectivity index (χ3n) is 2.64. The first-order valence-electron chi connectivity index (χ1n) is 5.35. The summed E-state index contributed by atoms with van der Waals surface area (Å²) >= 11 is 11.2. The molecule has 1 aromatic heterocycles. The zero-order valence-electron chi connectivity index (χ0n) is 9.69. The molecule has 1 unspecified atom stereocenters. The monoisotopic (exact) mass is 346 g/mol. The highest BCUT2D eigenvalue weighted by Gasteiger charge is 2.18. The number of methoxy groups -OCH3 is 1. The first kappa shape index (κ1) is 13.9. The molecule has 0 spiro atoms. The number of thiophene rings is 1. The van der Waals surface area contributed by atoms with Gasteiger partial charge in [0.2, 0.25) is 0 Å². The maximum atomic E-state index is 10.3. The Kier molecular flexibility index (Phi) is 4.67. The van der Waals surface area contributed by atoms with E-state index >= 15 is 0 Å². The molecule has 0 bridgehead atoms. The summed E-state index contributed by atoms with van der Waals surface area (Å²) in [7, 11) is 1.57. The van der Waals surface area contributed by atoms with E-state index in [2.05, 4.69) is 15.9 Å². The molecule has 1 heterocycles. The number of hydrogen-bond acceptors (Lipinski definition) is 3. The summed E-state index contributed by atoms with van der Waals surface area (Å²) in [6.45, 7) is 0. The Labute approximate surface area is 123 Å². The summed E-state index contributed by atoms with van der Waals surface area (Å²) in [4.78, 5) is 1.09. The Morgan fingerprint density at radius 2 is 2.22 bits per heavy atom. The van der Waals surface area contributed by atoms with Gasteiger partial charge >= 0.3 is 0 Å². The van der Waals surface area contributed by atoms with E-state index in [9.17, 15) is 5.11 Å². The van der Waals surface area contributed by atoms with Crippen molar-refractivity contribution < 1.29 is 9.84 Å². The van der Waals surface area contributed by atoms with Crippen LogP contribution in [0.2, 0.25) is 5.02 Å². The van der Waals surface area contributed by atoms with Gasteiger partial charge in [-0.05, 0) is 39.5 Å². The lowest BCUT2D eigenvalue weighted by atomic mass is 10.0. The number of benzene rings is 1. The molecule has 1 aromatic carbocycles. The summed E-state index contributed by atoms with van der Waals surface area (Å²) in [5.74, 6) is 0.614. The van der Waals surface area contributed by atoms with Gasteiger partial charge in [0.15, 0.2) is 0 Å². The third kappa shape index (κ3) is 2.88. The summed E-state index contributed by atoms with van der Waals surface area (Å²) in [5.41, 5.74) is 0.641. The van der Waals surface area contributed by atoms with Crippen LogP contribution in [-0.2, 0) is 6.42 Å². The standard InChI is InChI=1S/C13H12BrClO2S/c1-17-11-4-2-3-9(15)13(11)10(16)7-12-8(14)5-6-18-12/h2-6,10,16H,7H2,1H3. The fourth-order valence-corrected chi connectivity index (χ4v) is 3.61. The van der Waals surface area contributed by atoms with Crippen LogP contribution in [0.5, 0.6) is 5.75 Å². The molecule has 0 aliphatic rings. The van der Waals surface area contributed by atoms with Gasteiger partial charge in [0, 0.05) is 21.3 Å². The molecule has 0 fully saturated rings. The fraction of sp³-hybridized carbons (Fsp3) is 0.231. The average Bonchev–Trinajstić information content (AvgIpc) is 2.74. The number of rotatable bonds is 4. The van der Waals surface area contributed by atoms with E-state index in [1.165, 1.54) is 0 Å². The van der Waals surface area contributed by atoms with E-state index in [0.29, 0.717) is 22.8 Å². The minimum atomic E-state index is -0.677. The lowest BCUT2D eigenvalue weighted by Gasteiger charge is -2.16. The van der Waals surface area contributed by atoms with Crippen molar-refractivity contribution in [2.75, 3.05) is 7.11 Å². The number of halogens is 2. The van der Waals surface area contributed by atoms with Crippen LogP contribution in [0.1, 0.15) is 16.5 Å². The lowest BCUT2D eigenvalue weighted by Crippen LogP contribution is -2.04. The molecule has 18 heavy (non-hydrogen) atoms. The van der Waals surface area contributed by atoms with Crippen molar-refractivity contribution in [2.45, 2.75) is 12.5 Å². The summed E-state index contributed by atoms with van der Waals surface area (Å²) < 4.78 is 6.26. The Balaban J connectivity index is 2.29. The normalized spacial score (nSPS) is 12.4. The van der Waals surface area contributed by atoms with Gasteiger partial charge in [0.1, 0.15) is 5.75 Å². The van der Waals surface area contributed by atoms with Gasteiger partial charge < -0.3 is 9.84 Å². The van der Waals surface area contributed by atoms with Gasteiger partial charge in [-0.15, -0.1) is 11.3 Å². The molecule has 5 heteroatoms. The van der Waals surface area contributed by atoms with Crippen LogP contribution in [0.4, 0.5) is 0 Å². The minimum Gasteiger partial charge on any atom is -0.496 e. The van der Waals surface area contributed by atoms with Gasteiger partial charge in [-0.1, -0.05) is 17.7 Å². The molecule has 2 nitrogen and oxygen atoms in total. The van der Waals surface area contributed by atoms with Gasteiger partial charge in [-0.25, -0.2) is 0 Å². The van der Waals surface area contributed by atoms with E-state index < -0.39 is 6.10 Å². The molecule has 0 saturated carbocycles. The molecule has 0 aliphatic carbocycles. The zero-order chi connectivity index (χ0) is 13.1. The quantitative estimate of drug-likeness (QED) is 0.885. The highest BCUT2D eigenvalue weighted by atomic mass is 79.9. The Morgan fingerprint density at radius 1 is 1.44 bits per heavy atom. The smallest absolute Gasteiger partial charge is 0.126 e. The van der Waals surface area contributed by atoms with Crippen molar-refractivity contribution in [3.8, 4) is 5.75 Å². The molecule has 0 saturated heterocycles. The van der Waals surface area contributed by atoms with Gasteiger partial charge in [0.25, 0.3) is 0 Å². The Hall–Kier alpha value is -0.550. The maximum absolute atomic E-state index is 10.3. The third-order valence-corrected chi connectivity index (χ3v) is 4.91. The van der Waals surface area contributed by atoms with Crippen LogP contribution in [0.25, 0.3) is 0 Å². The summed E-state index contributed by atoms with van der Waals surface area (Å²) in [6.07, 6.45) is -0.165.